The number of anilines is 2. The summed E-state index contributed by atoms with van der Waals surface area (Å²) >= 11 is 6.14. The van der Waals surface area contributed by atoms with Crippen LogP contribution in [0.25, 0.3) is 0 Å². The normalized spacial score (nSPS) is 20.8. The van der Waals surface area contributed by atoms with E-state index in [2.05, 4.69) is 15.5 Å². The number of carbonyl (C=O) groups is 3. The highest BCUT2D eigenvalue weighted by molar-refractivity contribution is 6.33. The van der Waals surface area contributed by atoms with Crippen LogP contribution in [0, 0.1) is 5.92 Å². The van der Waals surface area contributed by atoms with Crippen LogP contribution in [0.1, 0.15) is 48.8 Å². The number of alkyl halides is 3. The third-order valence-corrected chi connectivity index (χ3v) is 10.9. The van der Waals surface area contributed by atoms with E-state index in [1.54, 1.807) is 9.80 Å². The molecule has 2 aromatic rings. The predicted octanol–water partition coefficient (Wildman–Crippen LogP) is 4.47. The van der Waals surface area contributed by atoms with Gasteiger partial charge in [0.15, 0.2) is 0 Å². The first-order chi connectivity index (χ1) is 23.5. The summed E-state index contributed by atoms with van der Waals surface area (Å²) in [5.74, 6) is -1.32. The van der Waals surface area contributed by atoms with Crippen LogP contribution in [-0.4, -0.2) is 108 Å². The summed E-state index contributed by atoms with van der Waals surface area (Å²) < 4.78 is 41.4. The molecule has 14 heteroatoms. The number of benzene rings is 2. The van der Waals surface area contributed by atoms with E-state index >= 15 is 0 Å². The van der Waals surface area contributed by atoms with Gasteiger partial charge < -0.3 is 31.1 Å². The van der Waals surface area contributed by atoms with Gasteiger partial charge in [0.1, 0.15) is 0 Å². The Hall–Kier alpha value is -3.55. The van der Waals surface area contributed by atoms with Crippen LogP contribution in [0.3, 0.4) is 0 Å². The lowest BCUT2D eigenvalue weighted by Crippen LogP contribution is -2.53. The maximum absolute atomic E-state index is 14.1. The Bertz CT molecular complexity index is 1520. The number of hydrogen-bond acceptors (Lipinski definition) is 6. The largest absolute Gasteiger partial charge is 0.418 e. The Kier molecular flexibility index (Phi) is 10.9. The van der Waals surface area contributed by atoms with Crippen molar-refractivity contribution < 1.29 is 27.6 Å². The Morgan fingerprint density at radius 1 is 0.918 bits per heavy atom. The number of nitrogens with two attached hydrogens (primary N) is 1. The summed E-state index contributed by atoms with van der Waals surface area (Å²) in [5.41, 5.74) is 6.18. The van der Waals surface area contributed by atoms with Crippen molar-refractivity contribution in [2.45, 2.75) is 63.2 Å². The van der Waals surface area contributed by atoms with Crippen molar-refractivity contribution in [1.82, 2.24) is 24.9 Å². The van der Waals surface area contributed by atoms with Crippen molar-refractivity contribution in [1.29, 1.82) is 0 Å². The number of rotatable bonds is 7. The summed E-state index contributed by atoms with van der Waals surface area (Å²) in [6.07, 6.45) is -1.40. The first-order valence-electron chi connectivity index (χ1n) is 17.3. The first-order valence-corrected chi connectivity index (χ1v) is 17.7. The van der Waals surface area contributed by atoms with Crippen molar-refractivity contribution in [3.8, 4) is 0 Å². The molecule has 0 radical (unpaired) electrons. The third-order valence-electron chi connectivity index (χ3n) is 10.6. The molecule has 49 heavy (non-hydrogen) atoms. The smallest absolute Gasteiger partial charge is 0.397 e. The molecule has 266 valence electrons. The predicted molar refractivity (Wildman–Crippen MR) is 182 cm³/mol. The van der Waals surface area contributed by atoms with Crippen LogP contribution in [0.5, 0.6) is 0 Å². The van der Waals surface area contributed by atoms with Crippen molar-refractivity contribution >= 4 is 40.8 Å². The molecular formula is C35H45ClF3N7O3. The second-order valence-electron chi connectivity index (χ2n) is 13.6. The van der Waals surface area contributed by atoms with Crippen molar-refractivity contribution in [2.75, 3.05) is 70.0 Å². The topological polar surface area (TPSA) is 114 Å². The van der Waals surface area contributed by atoms with Gasteiger partial charge in [0.25, 0.3) is 0 Å². The number of hydrogen-bond donors (Lipinski definition) is 3. The maximum Gasteiger partial charge on any atom is 0.418 e. The number of halogens is 4. The summed E-state index contributed by atoms with van der Waals surface area (Å²) in [7, 11) is 0. The number of nitrogens with zero attached hydrogens (tertiary/aromatic N) is 4. The SMILES string of the molecule is Nc1c(Cl)cc(C[C@@H](CC(=O)N2CCC(N3CCc4ccccc4NC3=O)CC2)C(=O)N2CCC(N3CCNCC3)CC2)cc1C(F)(F)F. The molecule has 0 unspecified atom stereocenters. The van der Waals surface area contributed by atoms with Crippen LogP contribution in [0.2, 0.25) is 5.02 Å². The second-order valence-corrected chi connectivity index (χ2v) is 14.0. The van der Waals surface area contributed by atoms with E-state index < -0.39 is 23.3 Å². The van der Waals surface area contributed by atoms with E-state index in [-0.39, 0.29) is 47.3 Å². The number of nitrogen functional groups attached to an aromatic ring is 1. The number of fused-ring (bicyclic) bond motifs is 1. The van der Waals surface area contributed by atoms with E-state index in [4.69, 9.17) is 17.3 Å². The molecule has 0 aromatic heterocycles. The number of para-hydroxylation sites is 1. The molecular weight excluding hydrogens is 659 g/mol. The Morgan fingerprint density at radius 3 is 2.27 bits per heavy atom. The molecule has 0 saturated carbocycles. The first kappa shape index (κ1) is 35.3. The molecule has 4 amide bonds. The van der Waals surface area contributed by atoms with Crippen molar-refractivity contribution in [3.63, 3.8) is 0 Å². The fourth-order valence-corrected chi connectivity index (χ4v) is 8.06. The molecule has 6 rings (SSSR count). The number of nitrogens with one attached hydrogen (secondary N) is 2. The van der Waals surface area contributed by atoms with Gasteiger partial charge in [-0.15, -0.1) is 0 Å². The monoisotopic (exact) mass is 703 g/mol. The van der Waals surface area contributed by atoms with E-state index in [1.807, 2.05) is 29.2 Å². The molecule has 3 saturated heterocycles. The van der Waals surface area contributed by atoms with Gasteiger partial charge in [-0.2, -0.15) is 13.2 Å². The molecule has 0 aliphatic carbocycles. The third kappa shape index (κ3) is 8.26. The maximum atomic E-state index is 14.1. The average molecular weight is 704 g/mol. The van der Waals surface area contributed by atoms with Gasteiger partial charge in [0.2, 0.25) is 11.8 Å². The molecule has 10 nitrogen and oxygen atoms in total. The van der Waals surface area contributed by atoms with Gasteiger partial charge in [-0.25, -0.2) is 4.79 Å². The molecule has 0 bridgehead atoms. The zero-order valence-corrected chi connectivity index (χ0v) is 28.4. The quantitative estimate of drug-likeness (QED) is 0.367. The molecule has 2 aromatic carbocycles. The highest BCUT2D eigenvalue weighted by atomic mass is 35.5. The Balaban J connectivity index is 1.12. The van der Waals surface area contributed by atoms with Crippen LogP contribution in [0.15, 0.2) is 36.4 Å². The molecule has 4 aliphatic rings. The number of likely N-dealkylation sites (tertiary alicyclic amines) is 2. The second kappa shape index (κ2) is 15.1. The summed E-state index contributed by atoms with van der Waals surface area (Å²) in [4.78, 5) is 48.7. The van der Waals surface area contributed by atoms with Gasteiger partial charge in [0.05, 0.1) is 22.2 Å². The minimum absolute atomic E-state index is 0.0366. The summed E-state index contributed by atoms with van der Waals surface area (Å²) in [5, 5.41) is 6.14. The van der Waals surface area contributed by atoms with E-state index in [0.29, 0.717) is 51.6 Å². The van der Waals surface area contributed by atoms with Crippen LogP contribution >= 0.6 is 11.6 Å². The van der Waals surface area contributed by atoms with Gasteiger partial charge in [0, 0.05) is 83.1 Å². The van der Waals surface area contributed by atoms with E-state index in [0.717, 1.165) is 62.8 Å². The molecule has 4 N–H and O–H groups in total. The number of carbonyl (C=O) groups excluding carboxylic acids is 3. The number of amides is 4. The van der Waals surface area contributed by atoms with Gasteiger partial charge in [-0.1, -0.05) is 29.8 Å². The molecule has 4 heterocycles. The standard InChI is InChI=1S/C35H45ClF3N7O3/c36-29-21-23(20-28(32(29)40)35(37,38)39)19-25(33(48)45-14-6-26(7-15-45)43-17-10-41-11-18-43)22-31(47)44-12-8-27(9-13-44)46-16-5-24-3-1-2-4-30(24)42-34(46)49/h1-4,20-21,25-27,41H,5-19,22,40H2,(H,42,49)/t25-/m0/s1. The number of urea groups is 1. The minimum Gasteiger partial charge on any atom is -0.397 e. The van der Waals surface area contributed by atoms with Gasteiger partial charge in [-0.3, -0.25) is 14.5 Å². The zero-order valence-electron chi connectivity index (χ0n) is 27.6. The lowest BCUT2D eigenvalue weighted by molar-refractivity contribution is -0.143. The summed E-state index contributed by atoms with van der Waals surface area (Å²) in [6, 6.07) is 10.2. The van der Waals surface area contributed by atoms with Crippen LogP contribution in [-0.2, 0) is 28.6 Å². The van der Waals surface area contributed by atoms with E-state index in [1.165, 1.54) is 6.07 Å². The lowest BCUT2D eigenvalue weighted by Gasteiger charge is -2.41. The fourth-order valence-electron chi connectivity index (χ4n) is 7.82. The highest BCUT2D eigenvalue weighted by Gasteiger charge is 2.37. The Morgan fingerprint density at radius 2 is 1.57 bits per heavy atom. The lowest BCUT2D eigenvalue weighted by atomic mass is 9.91. The van der Waals surface area contributed by atoms with Crippen molar-refractivity contribution in [2.24, 2.45) is 5.92 Å². The zero-order chi connectivity index (χ0) is 34.7. The average Bonchev–Trinajstić information content (AvgIpc) is 3.27. The van der Waals surface area contributed by atoms with Crippen molar-refractivity contribution in [3.05, 3.63) is 58.1 Å². The van der Waals surface area contributed by atoms with Gasteiger partial charge in [-0.05, 0) is 67.9 Å². The van der Waals surface area contributed by atoms with Gasteiger partial charge >= 0.3 is 12.2 Å². The van der Waals surface area contributed by atoms with Crippen LogP contribution < -0.4 is 16.4 Å². The molecule has 4 aliphatic heterocycles. The summed E-state index contributed by atoms with van der Waals surface area (Å²) in [6.45, 7) is 6.26. The number of piperazine rings is 1. The molecule has 0 spiro atoms. The molecule has 3 fully saturated rings. The minimum atomic E-state index is -4.72. The highest BCUT2D eigenvalue weighted by Crippen LogP contribution is 2.38. The molecule has 1 atom stereocenters. The van der Waals surface area contributed by atoms with Crippen LogP contribution in [0.4, 0.5) is 29.3 Å². The van der Waals surface area contributed by atoms with E-state index in [9.17, 15) is 27.6 Å². The fraction of sp³-hybridized carbons (Fsp3) is 0.571. The number of piperidine rings is 2. The Labute approximate surface area is 290 Å².